The molecule has 21 heavy (non-hydrogen) atoms. The van der Waals surface area contributed by atoms with Crippen LogP contribution < -0.4 is 0 Å². The highest BCUT2D eigenvalue weighted by Crippen LogP contribution is 2.32. The number of carboxylic acid groups (broad SMARTS) is 1. The maximum atomic E-state index is 12.4. The van der Waals surface area contributed by atoms with Gasteiger partial charge in [-0.2, -0.15) is 0 Å². The van der Waals surface area contributed by atoms with Crippen LogP contribution in [0.1, 0.15) is 38.8 Å². The zero-order chi connectivity index (χ0) is 15.8. The molecule has 1 atom stereocenters. The molecule has 1 aromatic rings. The molecule has 0 aromatic heterocycles. The normalized spacial score (nSPS) is 21.6. The lowest BCUT2D eigenvalue weighted by molar-refractivity contribution is -0.151. The fraction of sp³-hybridized carbons (Fsp3) is 0.500. The van der Waals surface area contributed by atoms with Crippen LogP contribution in [-0.2, 0) is 22.5 Å². The summed E-state index contributed by atoms with van der Waals surface area (Å²) < 4.78 is 5.36. The summed E-state index contributed by atoms with van der Waals surface area (Å²) in [5.41, 5.74) is -0.0336. The third kappa shape index (κ3) is 3.01. The topological polar surface area (TPSA) is 66.8 Å². The quantitative estimate of drug-likeness (QED) is 0.864. The number of hydrogen-bond acceptors (Lipinski definition) is 3. The van der Waals surface area contributed by atoms with Crippen LogP contribution in [0.4, 0.5) is 4.79 Å². The van der Waals surface area contributed by atoms with E-state index in [1.165, 1.54) is 4.90 Å². The number of amides is 1. The first kappa shape index (κ1) is 15.4. The zero-order valence-electron chi connectivity index (χ0n) is 12.8. The molecule has 1 aromatic carbocycles. The summed E-state index contributed by atoms with van der Waals surface area (Å²) in [7, 11) is 0. The molecule has 1 aliphatic heterocycles. The van der Waals surface area contributed by atoms with Crippen LogP contribution in [0.2, 0.25) is 0 Å². The van der Waals surface area contributed by atoms with Gasteiger partial charge in [0.2, 0.25) is 0 Å². The van der Waals surface area contributed by atoms with Crippen LogP contribution in [-0.4, -0.2) is 33.2 Å². The number of benzene rings is 1. The minimum absolute atomic E-state index is 0.244. The van der Waals surface area contributed by atoms with Crippen molar-refractivity contribution >= 4 is 12.1 Å². The summed E-state index contributed by atoms with van der Waals surface area (Å²) in [6, 6.07) is 7.58. The van der Waals surface area contributed by atoms with Crippen LogP contribution in [0.15, 0.2) is 24.3 Å². The van der Waals surface area contributed by atoms with Gasteiger partial charge in [-0.25, -0.2) is 9.59 Å². The Bertz CT molecular complexity index is 576. The largest absolute Gasteiger partial charge is 0.479 e. The van der Waals surface area contributed by atoms with Crippen LogP contribution >= 0.6 is 0 Å². The average molecular weight is 291 g/mol. The van der Waals surface area contributed by atoms with Gasteiger partial charge in [0.05, 0.1) is 6.54 Å². The van der Waals surface area contributed by atoms with E-state index in [1.807, 2.05) is 24.3 Å². The molecule has 0 spiro atoms. The van der Waals surface area contributed by atoms with Crippen molar-refractivity contribution in [1.29, 1.82) is 0 Å². The number of carbonyl (C=O) groups excluding carboxylic acids is 1. The van der Waals surface area contributed by atoms with Gasteiger partial charge in [0.15, 0.2) is 0 Å². The number of nitrogens with zero attached hydrogens (tertiary/aromatic N) is 1. The maximum Gasteiger partial charge on any atom is 0.411 e. The molecule has 0 saturated carbocycles. The molecule has 0 bridgehead atoms. The number of carboxylic acids is 1. The second kappa shape index (κ2) is 5.06. The Morgan fingerprint density at radius 1 is 1.24 bits per heavy atom. The van der Waals surface area contributed by atoms with Gasteiger partial charge in [0, 0.05) is 6.42 Å². The van der Waals surface area contributed by atoms with Crippen LogP contribution in [0, 0.1) is 0 Å². The van der Waals surface area contributed by atoms with Gasteiger partial charge in [0.25, 0.3) is 0 Å². The minimum Gasteiger partial charge on any atom is -0.479 e. The van der Waals surface area contributed by atoms with Crippen LogP contribution in [0.3, 0.4) is 0 Å². The molecule has 0 fully saturated rings. The van der Waals surface area contributed by atoms with E-state index in [9.17, 15) is 14.7 Å². The van der Waals surface area contributed by atoms with Crippen molar-refractivity contribution in [3.8, 4) is 0 Å². The Hall–Kier alpha value is -2.04. The van der Waals surface area contributed by atoms with E-state index in [4.69, 9.17) is 4.74 Å². The molecule has 0 radical (unpaired) electrons. The van der Waals surface area contributed by atoms with Gasteiger partial charge >= 0.3 is 12.1 Å². The lowest BCUT2D eigenvalue weighted by Crippen LogP contribution is -2.59. The SMILES string of the molecule is CC(C)(C)OC(=O)N1Cc2ccccc2CC1(C)C(=O)O. The van der Waals surface area contributed by atoms with Crippen molar-refractivity contribution in [2.45, 2.75) is 51.8 Å². The van der Waals surface area contributed by atoms with Crippen LogP contribution in [0.5, 0.6) is 0 Å². The summed E-state index contributed by atoms with van der Waals surface area (Å²) in [5.74, 6) is -1.03. The molecular formula is C16H21NO4. The standard InChI is InChI=1S/C16H21NO4/c1-15(2,3)21-14(20)17-10-12-8-6-5-7-11(12)9-16(17,4)13(18)19/h5-8H,9-10H2,1-4H3,(H,18,19). The molecule has 1 aliphatic rings. The highest BCUT2D eigenvalue weighted by Gasteiger charge is 2.47. The summed E-state index contributed by atoms with van der Waals surface area (Å²) in [6.07, 6.45) is -0.320. The molecule has 0 saturated heterocycles. The highest BCUT2D eigenvalue weighted by atomic mass is 16.6. The van der Waals surface area contributed by atoms with Crippen LogP contribution in [0.25, 0.3) is 0 Å². The van der Waals surface area contributed by atoms with E-state index >= 15 is 0 Å². The Labute approximate surface area is 124 Å². The van der Waals surface area contributed by atoms with E-state index in [-0.39, 0.29) is 13.0 Å². The first-order chi connectivity index (χ1) is 9.63. The summed E-state index contributed by atoms with van der Waals surface area (Å²) >= 11 is 0. The molecule has 1 heterocycles. The van der Waals surface area contributed by atoms with Crippen molar-refractivity contribution in [2.24, 2.45) is 0 Å². The molecular weight excluding hydrogens is 270 g/mol. The molecule has 1 unspecified atom stereocenters. The predicted octanol–water partition coefficient (Wildman–Crippen LogP) is 2.82. The minimum atomic E-state index is -1.29. The molecule has 1 N–H and O–H groups in total. The summed E-state index contributed by atoms with van der Waals surface area (Å²) in [5, 5.41) is 9.59. The number of fused-ring (bicyclic) bond motifs is 1. The van der Waals surface area contributed by atoms with Crippen molar-refractivity contribution in [2.75, 3.05) is 0 Å². The Morgan fingerprint density at radius 2 is 1.81 bits per heavy atom. The second-order valence-corrected chi connectivity index (χ2v) is 6.59. The maximum absolute atomic E-state index is 12.4. The lowest BCUT2D eigenvalue weighted by atomic mass is 9.84. The molecule has 114 valence electrons. The van der Waals surface area contributed by atoms with E-state index in [0.29, 0.717) is 0 Å². The predicted molar refractivity (Wildman–Crippen MR) is 78.0 cm³/mol. The number of aliphatic carboxylic acids is 1. The molecule has 5 nitrogen and oxygen atoms in total. The van der Waals surface area contributed by atoms with Gasteiger partial charge in [-0.1, -0.05) is 24.3 Å². The number of hydrogen-bond donors (Lipinski definition) is 1. The number of ether oxygens (including phenoxy) is 1. The lowest BCUT2D eigenvalue weighted by Gasteiger charge is -2.42. The summed E-state index contributed by atoms with van der Waals surface area (Å²) in [4.78, 5) is 25.4. The Balaban J connectivity index is 2.38. The third-order valence-electron chi connectivity index (χ3n) is 3.65. The number of carbonyl (C=O) groups is 2. The third-order valence-corrected chi connectivity index (χ3v) is 3.65. The fourth-order valence-electron chi connectivity index (χ4n) is 2.47. The molecule has 5 heteroatoms. The van der Waals surface area contributed by atoms with Gasteiger partial charge in [-0.3, -0.25) is 4.90 Å². The van der Waals surface area contributed by atoms with Crippen molar-refractivity contribution < 1.29 is 19.4 Å². The van der Waals surface area contributed by atoms with E-state index in [1.54, 1.807) is 27.7 Å². The van der Waals surface area contributed by atoms with Crippen molar-refractivity contribution in [1.82, 2.24) is 4.90 Å². The van der Waals surface area contributed by atoms with E-state index in [2.05, 4.69) is 0 Å². The molecule has 0 aliphatic carbocycles. The average Bonchev–Trinajstić information content (AvgIpc) is 2.35. The van der Waals surface area contributed by atoms with Gasteiger partial charge in [-0.05, 0) is 38.8 Å². The van der Waals surface area contributed by atoms with Gasteiger partial charge < -0.3 is 9.84 Å². The Morgan fingerprint density at radius 3 is 2.33 bits per heavy atom. The summed E-state index contributed by atoms with van der Waals surface area (Å²) in [6.45, 7) is 7.10. The van der Waals surface area contributed by atoms with Crippen molar-refractivity contribution in [3.05, 3.63) is 35.4 Å². The smallest absolute Gasteiger partial charge is 0.411 e. The Kier molecular flexibility index (Phi) is 3.70. The number of rotatable bonds is 1. The second-order valence-electron chi connectivity index (χ2n) is 6.59. The van der Waals surface area contributed by atoms with Crippen molar-refractivity contribution in [3.63, 3.8) is 0 Å². The molecule has 2 rings (SSSR count). The van der Waals surface area contributed by atoms with E-state index < -0.39 is 23.2 Å². The van der Waals surface area contributed by atoms with E-state index in [0.717, 1.165) is 11.1 Å². The highest BCUT2D eigenvalue weighted by molar-refractivity contribution is 5.85. The van der Waals surface area contributed by atoms with Gasteiger partial charge in [0.1, 0.15) is 11.1 Å². The molecule has 1 amide bonds. The monoisotopic (exact) mass is 291 g/mol. The van der Waals surface area contributed by atoms with Gasteiger partial charge in [-0.15, -0.1) is 0 Å². The fourth-order valence-corrected chi connectivity index (χ4v) is 2.47. The zero-order valence-corrected chi connectivity index (χ0v) is 12.8. The first-order valence-electron chi connectivity index (χ1n) is 6.94. The first-order valence-corrected chi connectivity index (χ1v) is 6.94.